The van der Waals surface area contributed by atoms with Gasteiger partial charge in [0.15, 0.2) is 5.13 Å². The summed E-state index contributed by atoms with van der Waals surface area (Å²) in [7, 11) is -2.28. The van der Waals surface area contributed by atoms with Crippen LogP contribution in [0.25, 0.3) is 0 Å². The van der Waals surface area contributed by atoms with Gasteiger partial charge in [0.2, 0.25) is 10.0 Å². The molecule has 10 nitrogen and oxygen atoms in total. The number of ether oxygens (including phenoxy) is 1. The molecule has 0 unspecified atom stereocenters. The second-order valence-electron chi connectivity index (χ2n) is 5.75. The number of rotatable bonds is 5. The van der Waals surface area contributed by atoms with Crippen LogP contribution in [0.3, 0.4) is 0 Å². The topological polar surface area (TPSA) is 130 Å². The molecule has 0 radical (unpaired) electrons. The molecule has 3 N–H and O–H groups in total. The molecular weight excluding hydrogens is 406 g/mol. The number of amides is 2. The standard InChI is InChI=1S/C16H19N5O5S2/c1-17-28(24,25)12-4-2-11(3-5-12)14(22)19-20-15(23)13-10-27-16(18-13)21-6-8-26-9-7-21/h2-5,10,17H,6-9H2,1H3,(H,19,22)(H,20,23). The number of nitrogens with zero attached hydrogens (tertiary/aromatic N) is 2. The van der Waals surface area contributed by atoms with Gasteiger partial charge in [0.25, 0.3) is 11.8 Å². The van der Waals surface area contributed by atoms with Crippen molar-refractivity contribution in [3.63, 3.8) is 0 Å². The quantitative estimate of drug-likeness (QED) is 0.573. The predicted octanol–water partition coefficient (Wildman–Crippen LogP) is -0.0374. The summed E-state index contributed by atoms with van der Waals surface area (Å²) in [6.45, 7) is 2.66. The maximum atomic E-state index is 12.2. The van der Waals surface area contributed by atoms with Crippen LogP contribution in [0.15, 0.2) is 34.5 Å². The summed E-state index contributed by atoms with van der Waals surface area (Å²) < 4.78 is 30.8. The number of aromatic nitrogens is 1. The molecule has 1 aromatic carbocycles. The fourth-order valence-electron chi connectivity index (χ4n) is 2.42. The number of thiazole rings is 1. The zero-order valence-corrected chi connectivity index (χ0v) is 16.6. The molecule has 3 rings (SSSR count). The lowest BCUT2D eigenvalue weighted by Gasteiger charge is -2.25. The van der Waals surface area contributed by atoms with Gasteiger partial charge in [-0.3, -0.25) is 20.4 Å². The Hall–Kier alpha value is -2.54. The first-order chi connectivity index (χ1) is 13.4. The van der Waals surface area contributed by atoms with Crippen LogP contribution in [0, 0.1) is 0 Å². The minimum Gasteiger partial charge on any atom is -0.378 e. The fourth-order valence-corrected chi connectivity index (χ4v) is 4.01. The number of nitrogens with one attached hydrogen (secondary N) is 3. The van der Waals surface area contributed by atoms with Crippen molar-refractivity contribution >= 4 is 38.3 Å². The summed E-state index contributed by atoms with van der Waals surface area (Å²) >= 11 is 1.34. The molecule has 1 aliphatic heterocycles. The monoisotopic (exact) mass is 425 g/mol. The molecular formula is C16H19N5O5S2. The van der Waals surface area contributed by atoms with Gasteiger partial charge in [-0.25, -0.2) is 18.1 Å². The molecule has 2 aromatic rings. The molecule has 0 spiro atoms. The van der Waals surface area contributed by atoms with Crippen molar-refractivity contribution in [2.24, 2.45) is 0 Å². The summed E-state index contributed by atoms with van der Waals surface area (Å²) in [5, 5.41) is 2.34. The maximum Gasteiger partial charge on any atom is 0.289 e. The van der Waals surface area contributed by atoms with Crippen molar-refractivity contribution in [2.45, 2.75) is 4.90 Å². The van der Waals surface area contributed by atoms with Crippen LogP contribution in [0.2, 0.25) is 0 Å². The van der Waals surface area contributed by atoms with Gasteiger partial charge in [0.1, 0.15) is 5.69 Å². The number of anilines is 1. The number of benzene rings is 1. The van der Waals surface area contributed by atoms with Crippen LogP contribution < -0.4 is 20.5 Å². The van der Waals surface area contributed by atoms with Gasteiger partial charge in [-0.15, -0.1) is 11.3 Å². The highest BCUT2D eigenvalue weighted by atomic mass is 32.2. The summed E-state index contributed by atoms with van der Waals surface area (Å²) in [6, 6.07) is 5.31. The number of hydrazine groups is 1. The van der Waals surface area contributed by atoms with E-state index in [1.165, 1.54) is 42.6 Å². The Labute approximate surface area is 165 Å². The average Bonchev–Trinajstić information content (AvgIpc) is 3.23. The van der Waals surface area contributed by atoms with E-state index in [0.29, 0.717) is 26.3 Å². The minimum absolute atomic E-state index is 0.0358. The van der Waals surface area contributed by atoms with Crippen molar-refractivity contribution in [1.82, 2.24) is 20.6 Å². The third-order valence-electron chi connectivity index (χ3n) is 3.99. The lowest BCUT2D eigenvalue weighted by molar-refractivity contribution is 0.0844. The van der Waals surface area contributed by atoms with Crippen LogP contribution >= 0.6 is 11.3 Å². The number of hydrogen-bond donors (Lipinski definition) is 3. The Morgan fingerprint density at radius 1 is 1.11 bits per heavy atom. The van der Waals surface area contributed by atoms with E-state index < -0.39 is 21.8 Å². The lowest BCUT2D eigenvalue weighted by atomic mass is 10.2. The summed E-state index contributed by atoms with van der Waals surface area (Å²) in [5.74, 6) is -1.12. The van der Waals surface area contributed by atoms with Gasteiger partial charge >= 0.3 is 0 Å². The molecule has 28 heavy (non-hydrogen) atoms. The van der Waals surface area contributed by atoms with Gasteiger partial charge in [-0.05, 0) is 31.3 Å². The Morgan fingerprint density at radius 2 is 1.75 bits per heavy atom. The Balaban J connectivity index is 1.57. The fraction of sp³-hybridized carbons (Fsp3) is 0.312. The number of sulfonamides is 1. The zero-order chi connectivity index (χ0) is 20.1. The SMILES string of the molecule is CNS(=O)(=O)c1ccc(C(=O)NNC(=O)c2csc(N3CCOCC3)n2)cc1. The van der Waals surface area contributed by atoms with E-state index in [-0.39, 0.29) is 16.2 Å². The van der Waals surface area contributed by atoms with E-state index in [2.05, 4.69) is 20.6 Å². The average molecular weight is 425 g/mol. The largest absolute Gasteiger partial charge is 0.378 e. The van der Waals surface area contributed by atoms with Gasteiger partial charge in [-0.2, -0.15) is 0 Å². The molecule has 0 bridgehead atoms. The highest BCUT2D eigenvalue weighted by Crippen LogP contribution is 2.21. The number of morpholine rings is 1. The predicted molar refractivity (Wildman–Crippen MR) is 103 cm³/mol. The van der Waals surface area contributed by atoms with Crippen molar-refractivity contribution in [3.05, 3.63) is 40.9 Å². The van der Waals surface area contributed by atoms with Crippen molar-refractivity contribution in [3.8, 4) is 0 Å². The van der Waals surface area contributed by atoms with E-state index in [9.17, 15) is 18.0 Å². The Kier molecular flexibility index (Phi) is 6.24. The molecule has 1 aliphatic rings. The van der Waals surface area contributed by atoms with Gasteiger partial charge < -0.3 is 9.64 Å². The molecule has 1 saturated heterocycles. The first-order valence-corrected chi connectivity index (χ1v) is 10.7. The summed E-state index contributed by atoms with van der Waals surface area (Å²) in [6.07, 6.45) is 0. The van der Waals surface area contributed by atoms with Crippen LogP contribution in [0.1, 0.15) is 20.8 Å². The van der Waals surface area contributed by atoms with E-state index in [4.69, 9.17) is 4.74 Å². The number of hydrogen-bond acceptors (Lipinski definition) is 8. The van der Waals surface area contributed by atoms with Crippen molar-refractivity contribution < 1.29 is 22.7 Å². The van der Waals surface area contributed by atoms with E-state index in [1.54, 1.807) is 5.38 Å². The summed E-state index contributed by atoms with van der Waals surface area (Å²) in [4.78, 5) is 30.7. The minimum atomic E-state index is -3.58. The molecule has 150 valence electrons. The molecule has 2 amide bonds. The summed E-state index contributed by atoms with van der Waals surface area (Å²) in [5.41, 5.74) is 4.98. The molecule has 0 atom stereocenters. The molecule has 0 saturated carbocycles. The normalized spacial score (nSPS) is 14.5. The highest BCUT2D eigenvalue weighted by Gasteiger charge is 2.18. The van der Waals surface area contributed by atoms with E-state index in [0.717, 1.165) is 5.13 Å². The van der Waals surface area contributed by atoms with Gasteiger partial charge in [-0.1, -0.05) is 0 Å². The molecule has 12 heteroatoms. The molecule has 0 aliphatic carbocycles. The Bertz CT molecular complexity index is 952. The molecule has 1 aromatic heterocycles. The molecule has 2 heterocycles. The zero-order valence-electron chi connectivity index (χ0n) is 15.0. The maximum absolute atomic E-state index is 12.2. The van der Waals surface area contributed by atoms with Crippen LogP contribution in [0.4, 0.5) is 5.13 Å². The lowest BCUT2D eigenvalue weighted by Crippen LogP contribution is -2.42. The first-order valence-electron chi connectivity index (χ1n) is 8.33. The molecule has 1 fully saturated rings. The van der Waals surface area contributed by atoms with Crippen LogP contribution in [-0.4, -0.2) is 58.6 Å². The van der Waals surface area contributed by atoms with Gasteiger partial charge in [0, 0.05) is 24.0 Å². The smallest absolute Gasteiger partial charge is 0.289 e. The second-order valence-corrected chi connectivity index (χ2v) is 8.48. The van der Waals surface area contributed by atoms with E-state index in [1.807, 2.05) is 4.90 Å². The Morgan fingerprint density at radius 3 is 2.39 bits per heavy atom. The number of carbonyl (C=O) groups excluding carboxylic acids is 2. The van der Waals surface area contributed by atoms with Crippen LogP contribution in [0.5, 0.6) is 0 Å². The van der Waals surface area contributed by atoms with E-state index >= 15 is 0 Å². The third-order valence-corrected chi connectivity index (χ3v) is 6.32. The van der Waals surface area contributed by atoms with Crippen LogP contribution in [-0.2, 0) is 14.8 Å². The van der Waals surface area contributed by atoms with Gasteiger partial charge in [0.05, 0.1) is 18.1 Å². The van der Waals surface area contributed by atoms with Crippen molar-refractivity contribution in [2.75, 3.05) is 38.3 Å². The van der Waals surface area contributed by atoms with Crippen molar-refractivity contribution in [1.29, 1.82) is 0 Å². The number of carbonyl (C=O) groups is 2. The second kappa shape index (κ2) is 8.65. The third kappa shape index (κ3) is 4.65. The highest BCUT2D eigenvalue weighted by molar-refractivity contribution is 7.89. The first kappa shape index (κ1) is 20.2.